The van der Waals surface area contributed by atoms with Crippen molar-refractivity contribution in [1.29, 1.82) is 0 Å². The summed E-state index contributed by atoms with van der Waals surface area (Å²) in [5, 5.41) is 0. The molecule has 0 spiro atoms. The van der Waals surface area contributed by atoms with Crippen LogP contribution in [0.1, 0.15) is 12.8 Å². The van der Waals surface area contributed by atoms with Crippen LogP contribution in [-0.2, 0) is 10.0 Å². The highest BCUT2D eigenvalue weighted by molar-refractivity contribution is 7.99. The van der Waals surface area contributed by atoms with Crippen molar-refractivity contribution in [2.75, 3.05) is 17.3 Å². The molecule has 1 aliphatic heterocycles. The lowest BCUT2D eigenvalue weighted by molar-refractivity contribution is 0.531. The van der Waals surface area contributed by atoms with Crippen molar-refractivity contribution in [2.24, 2.45) is 5.73 Å². The fourth-order valence-corrected chi connectivity index (χ4v) is 4.07. The van der Waals surface area contributed by atoms with E-state index in [1.54, 1.807) is 0 Å². The summed E-state index contributed by atoms with van der Waals surface area (Å²) in [6.07, 6.45) is 1.78. The number of nitrogens with one attached hydrogen (secondary N) is 1. The van der Waals surface area contributed by atoms with E-state index in [1.165, 1.54) is 0 Å². The standard InChI is InChI=1S/C7H14N2O2S3/c8-7(12)5-14(10,11)9-6-1-3-13-4-2-6/h6,9H,1-5H2,(H2,8,12). The van der Waals surface area contributed by atoms with E-state index < -0.39 is 10.0 Å². The third-order valence-corrected chi connectivity index (χ3v) is 4.66. The van der Waals surface area contributed by atoms with Gasteiger partial charge in [0, 0.05) is 6.04 Å². The lowest BCUT2D eigenvalue weighted by atomic mass is 10.2. The fraction of sp³-hybridized carbons (Fsp3) is 0.857. The molecule has 0 amide bonds. The number of thiocarbonyl (C=S) groups is 1. The van der Waals surface area contributed by atoms with Gasteiger partial charge in [0.15, 0.2) is 0 Å². The summed E-state index contributed by atoms with van der Waals surface area (Å²) < 4.78 is 25.5. The van der Waals surface area contributed by atoms with Crippen LogP contribution >= 0.6 is 24.0 Å². The zero-order chi connectivity index (χ0) is 10.6. The van der Waals surface area contributed by atoms with Crippen LogP contribution in [-0.4, -0.2) is 36.7 Å². The Morgan fingerprint density at radius 2 is 2.07 bits per heavy atom. The predicted molar refractivity (Wildman–Crippen MR) is 64.1 cm³/mol. The Bertz CT molecular complexity index is 296. The van der Waals surface area contributed by atoms with Crippen molar-refractivity contribution < 1.29 is 8.42 Å². The zero-order valence-electron chi connectivity index (χ0n) is 7.73. The Balaban J connectivity index is 2.45. The van der Waals surface area contributed by atoms with Crippen molar-refractivity contribution in [1.82, 2.24) is 4.72 Å². The topological polar surface area (TPSA) is 72.2 Å². The van der Waals surface area contributed by atoms with Crippen LogP contribution in [0.25, 0.3) is 0 Å². The van der Waals surface area contributed by atoms with Gasteiger partial charge in [-0.2, -0.15) is 11.8 Å². The summed E-state index contributed by atoms with van der Waals surface area (Å²) in [6.45, 7) is 0. The lowest BCUT2D eigenvalue weighted by Crippen LogP contribution is -2.41. The van der Waals surface area contributed by atoms with E-state index in [0.29, 0.717) is 0 Å². The molecular weight excluding hydrogens is 240 g/mol. The molecule has 1 saturated heterocycles. The van der Waals surface area contributed by atoms with Crippen LogP contribution in [0.2, 0.25) is 0 Å². The molecule has 82 valence electrons. The number of sulfonamides is 1. The predicted octanol–water partition coefficient (Wildman–Crippen LogP) is 0.0875. The van der Waals surface area contributed by atoms with Crippen LogP contribution in [0, 0.1) is 0 Å². The van der Waals surface area contributed by atoms with Gasteiger partial charge in [0.25, 0.3) is 0 Å². The van der Waals surface area contributed by atoms with E-state index in [1.807, 2.05) is 11.8 Å². The Hall–Kier alpha value is 0.150. The van der Waals surface area contributed by atoms with E-state index in [4.69, 9.17) is 5.73 Å². The van der Waals surface area contributed by atoms with Gasteiger partial charge in [-0.3, -0.25) is 0 Å². The summed E-state index contributed by atoms with van der Waals surface area (Å²) >= 11 is 6.42. The van der Waals surface area contributed by atoms with Crippen LogP contribution in [0.4, 0.5) is 0 Å². The number of nitrogens with two attached hydrogens (primary N) is 1. The smallest absolute Gasteiger partial charge is 0.218 e. The monoisotopic (exact) mass is 254 g/mol. The van der Waals surface area contributed by atoms with Gasteiger partial charge in [-0.1, -0.05) is 12.2 Å². The van der Waals surface area contributed by atoms with Crippen molar-refractivity contribution in [3.05, 3.63) is 0 Å². The molecule has 1 heterocycles. The molecule has 7 heteroatoms. The molecule has 0 aromatic heterocycles. The first-order valence-electron chi connectivity index (χ1n) is 4.36. The third kappa shape index (κ3) is 4.59. The van der Waals surface area contributed by atoms with Gasteiger partial charge in [0.05, 0.1) is 4.99 Å². The summed E-state index contributed by atoms with van der Waals surface area (Å²) in [4.78, 5) is 0.0164. The third-order valence-electron chi connectivity index (χ3n) is 1.90. The maximum absolute atomic E-state index is 11.4. The molecule has 0 saturated carbocycles. The average Bonchev–Trinajstić information content (AvgIpc) is 2.02. The minimum Gasteiger partial charge on any atom is -0.392 e. The molecule has 0 unspecified atom stereocenters. The van der Waals surface area contributed by atoms with E-state index in [2.05, 4.69) is 16.9 Å². The van der Waals surface area contributed by atoms with Gasteiger partial charge in [0.2, 0.25) is 10.0 Å². The van der Waals surface area contributed by atoms with Gasteiger partial charge in [0.1, 0.15) is 5.75 Å². The Morgan fingerprint density at radius 3 is 2.57 bits per heavy atom. The van der Waals surface area contributed by atoms with Crippen molar-refractivity contribution in [2.45, 2.75) is 18.9 Å². The Labute approximate surface area is 94.1 Å². The van der Waals surface area contributed by atoms with Gasteiger partial charge in [-0.15, -0.1) is 0 Å². The van der Waals surface area contributed by atoms with Crippen LogP contribution in [0.3, 0.4) is 0 Å². The summed E-state index contributed by atoms with van der Waals surface area (Å²) in [6, 6.07) is 0.0654. The number of thioether (sulfide) groups is 1. The van der Waals surface area contributed by atoms with E-state index in [-0.39, 0.29) is 16.8 Å². The molecule has 1 fully saturated rings. The second kappa shape index (κ2) is 5.29. The normalized spacial score (nSPS) is 19.4. The van der Waals surface area contributed by atoms with E-state index >= 15 is 0 Å². The first-order valence-corrected chi connectivity index (χ1v) is 7.57. The molecule has 4 nitrogen and oxygen atoms in total. The molecule has 0 aliphatic carbocycles. The maximum Gasteiger partial charge on any atom is 0.218 e. The SMILES string of the molecule is NC(=S)CS(=O)(=O)NC1CCSCC1. The molecular formula is C7H14N2O2S3. The first kappa shape index (κ1) is 12.2. The van der Waals surface area contributed by atoms with Gasteiger partial charge >= 0.3 is 0 Å². The fourth-order valence-electron chi connectivity index (χ4n) is 1.30. The molecule has 14 heavy (non-hydrogen) atoms. The molecule has 1 aliphatic rings. The average molecular weight is 254 g/mol. The molecule has 0 aromatic rings. The second-order valence-electron chi connectivity index (χ2n) is 3.23. The van der Waals surface area contributed by atoms with Crippen molar-refractivity contribution in [3.8, 4) is 0 Å². The van der Waals surface area contributed by atoms with Crippen molar-refractivity contribution in [3.63, 3.8) is 0 Å². The number of rotatable bonds is 4. The molecule has 0 atom stereocenters. The quantitative estimate of drug-likeness (QED) is 0.696. The largest absolute Gasteiger partial charge is 0.392 e. The lowest BCUT2D eigenvalue weighted by Gasteiger charge is -2.22. The Morgan fingerprint density at radius 1 is 1.50 bits per heavy atom. The highest BCUT2D eigenvalue weighted by Crippen LogP contribution is 2.17. The minimum atomic E-state index is -3.31. The first-order chi connectivity index (χ1) is 6.49. The highest BCUT2D eigenvalue weighted by Gasteiger charge is 2.20. The van der Waals surface area contributed by atoms with E-state index in [9.17, 15) is 8.42 Å². The van der Waals surface area contributed by atoms with Gasteiger partial charge < -0.3 is 5.73 Å². The molecule has 0 aromatic carbocycles. The summed E-state index contributed by atoms with van der Waals surface area (Å²) in [7, 11) is -3.31. The van der Waals surface area contributed by atoms with Crippen LogP contribution < -0.4 is 10.5 Å². The van der Waals surface area contributed by atoms with Gasteiger partial charge in [-0.25, -0.2) is 13.1 Å². The maximum atomic E-state index is 11.4. The molecule has 0 radical (unpaired) electrons. The molecule has 1 rings (SSSR count). The molecule has 0 bridgehead atoms. The zero-order valence-corrected chi connectivity index (χ0v) is 10.2. The number of hydrogen-bond acceptors (Lipinski definition) is 4. The number of hydrogen-bond donors (Lipinski definition) is 2. The van der Waals surface area contributed by atoms with Crippen LogP contribution in [0.5, 0.6) is 0 Å². The van der Waals surface area contributed by atoms with E-state index in [0.717, 1.165) is 24.3 Å². The highest BCUT2D eigenvalue weighted by atomic mass is 32.2. The molecule has 3 N–H and O–H groups in total. The summed E-state index contributed by atoms with van der Waals surface area (Å²) in [5.41, 5.74) is 5.19. The Kier molecular flexibility index (Phi) is 4.62. The summed E-state index contributed by atoms with van der Waals surface area (Å²) in [5.74, 6) is 1.78. The second-order valence-corrected chi connectivity index (χ2v) is 6.73. The van der Waals surface area contributed by atoms with Gasteiger partial charge in [-0.05, 0) is 24.3 Å². The van der Waals surface area contributed by atoms with Crippen molar-refractivity contribution >= 4 is 39.0 Å². The minimum absolute atomic E-state index is 0.0164. The van der Waals surface area contributed by atoms with Crippen LogP contribution in [0.15, 0.2) is 0 Å².